The van der Waals surface area contributed by atoms with Crippen molar-refractivity contribution in [2.45, 2.75) is 50.6 Å². The number of thiophene rings is 1. The van der Waals surface area contributed by atoms with Crippen LogP contribution in [0.4, 0.5) is 5.00 Å². The van der Waals surface area contributed by atoms with Crippen LogP contribution < -0.4 is 5.32 Å². The number of nitrogens with one attached hydrogen (secondary N) is 1. The molecule has 0 saturated carbocycles. The monoisotopic (exact) mass is 546 g/mol. The molecule has 0 aliphatic carbocycles. The van der Waals surface area contributed by atoms with Crippen molar-refractivity contribution in [2.75, 3.05) is 51.3 Å². The number of morpholine rings is 1. The van der Waals surface area contributed by atoms with E-state index in [1.807, 2.05) is 0 Å². The van der Waals surface area contributed by atoms with Crippen LogP contribution in [0, 0.1) is 0 Å². The molecule has 2 fully saturated rings. The number of amides is 2. The highest BCUT2D eigenvalue weighted by Crippen LogP contribution is 2.39. The lowest BCUT2D eigenvalue weighted by Crippen LogP contribution is -2.41. The molecule has 2 amide bonds. The summed E-state index contributed by atoms with van der Waals surface area (Å²) in [5.74, 6) is -0.429. The summed E-state index contributed by atoms with van der Waals surface area (Å²) in [7, 11) is -3.55. The molecular formula is C26H34N4O5S2. The molecule has 0 spiro atoms. The fourth-order valence-electron chi connectivity index (χ4n) is 5.13. The lowest BCUT2D eigenvalue weighted by atomic mass is 10.0. The Balaban J connectivity index is 1.40. The number of sulfonamides is 1. The molecule has 11 heteroatoms. The molecule has 2 aromatic rings. The van der Waals surface area contributed by atoms with Crippen molar-refractivity contribution in [1.82, 2.24) is 14.1 Å². The Morgan fingerprint density at radius 1 is 1.00 bits per heavy atom. The molecule has 1 N–H and O–H groups in total. The van der Waals surface area contributed by atoms with Gasteiger partial charge in [-0.2, -0.15) is 4.31 Å². The van der Waals surface area contributed by atoms with Crippen molar-refractivity contribution >= 4 is 38.2 Å². The molecule has 0 atom stereocenters. The lowest BCUT2D eigenvalue weighted by Gasteiger charge is -2.31. The van der Waals surface area contributed by atoms with E-state index >= 15 is 0 Å². The maximum Gasteiger partial charge on any atom is 0.257 e. The van der Waals surface area contributed by atoms with Crippen LogP contribution >= 0.6 is 11.3 Å². The molecular weight excluding hydrogens is 512 g/mol. The van der Waals surface area contributed by atoms with E-state index in [2.05, 4.69) is 24.1 Å². The standard InChI is InChI=1S/C26H34N4O5S2/c1-18(2)29-12-9-21-22(17-29)36-25(23(21)26(32)28-13-15-35-16-14-28)27-24(31)19-5-7-20(8-6-19)37(33,34)30-10-3-4-11-30/h5-8,18H,3-4,9-17H2,1-2H3,(H,27,31). The predicted molar refractivity (Wildman–Crippen MR) is 143 cm³/mol. The third-order valence-corrected chi connectivity index (χ3v) is 10.4. The Bertz CT molecular complexity index is 1260. The molecule has 0 radical (unpaired) electrons. The Morgan fingerprint density at radius 2 is 1.68 bits per heavy atom. The van der Waals surface area contributed by atoms with Gasteiger partial charge < -0.3 is 15.0 Å². The van der Waals surface area contributed by atoms with Gasteiger partial charge >= 0.3 is 0 Å². The molecule has 0 unspecified atom stereocenters. The first-order valence-electron chi connectivity index (χ1n) is 12.9. The van der Waals surface area contributed by atoms with Gasteiger partial charge in [0.2, 0.25) is 10.0 Å². The summed E-state index contributed by atoms with van der Waals surface area (Å²) in [5.41, 5.74) is 1.97. The van der Waals surface area contributed by atoms with Crippen molar-refractivity contribution in [3.05, 3.63) is 45.8 Å². The minimum absolute atomic E-state index is 0.0684. The molecule has 9 nitrogen and oxygen atoms in total. The highest BCUT2D eigenvalue weighted by Gasteiger charge is 2.32. The zero-order valence-electron chi connectivity index (χ0n) is 21.4. The van der Waals surface area contributed by atoms with E-state index in [1.165, 1.54) is 39.9 Å². The average Bonchev–Trinajstić information content (AvgIpc) is 3.57. The third-order valence-electron chi connectivity index (χ3n) is 7.38. The average molecular weight is 547 g/mol. The first kappa shape index (κ1) is 26.3. The van der Waals surface area contributed by atoms with Crippen LogP contribution in [0.3, 0.4) is 0 Å². The van der Waals surface area contributed by atoms with Crippen molar-refractivity contribution < 1.29 is 22.7 Å². The van der Waals surface area contributed by atoms with Crippen LogP contribution in [-0.4, -0.2) is 86.3 Å². The Hall–Kier alpha value is -2.31. The van der Waals surface area contributed by atoms with E-state index in [1.54, 1.807) is 4.90 Å². The summed E-state index contributed by atoms with van der Waals surface area (Å²) in [5, 5.41) is 3.54. The number of anilines is 1. The van der Waals surface area contributed by atoms with Gasteiger partial charge in [-0.05, 0) is 62.9 Å². The van der Waals surface area contributed by atoms with Gasteiger partial charge in [0.25, 0.3) is 11.8 Å². The van der Waals surface area contributed by atoms with Gasteiger partial charge in [0, 0.05) is 55.8 Å². The van der Waals surface area contributed by atoms with Gasteiger partial charge in [-0.3, -0.25) is 14.5 Å². The van der Waals surface area contributed by atoms with Gasteiger partial charge in [0.15, 0.2) is 0 Å². The summed E-state index contributed by atoms with van der Waals surface area (Å²) in [6.45, 7) is 9.07. The highest BCUT2D eigenvalue weighted by molar-refractivity contribution is 7.89. The number of ether oxygens (including phenoxy) is 1. The van der Waals surface area contributed by atoms with Gasteiger partial charge in [-0.15, -0.1) is 11.3 Å². The van der Waals surface area contributed by atoms with E-state index in [-0.39, 0.29) is 16.7 Å². The van der Waals surface area contributed by atoms with Crippen LogP contribution in [0.2, 0.25) is 0 Å². The Labute approximate surface area is 222 Å². The molecule has 200 valence electrons. The predicted octanol–water partition coefficient (Wildman–Crippen LogP) is 3.02. The van der Waals surface area contributed by atoms with Crippen LogP contribution in [-0.2, 0) is 27.7 Å². The normalized spacial score (nSPS) is 19.3. The highest BCUT2D eigenvalue weighted by atomic mass is 32.2. The third kappa shape index (κ3) is 5.33. The van der Waals surface area contributed by atoms with E-state index in [4.69, 9.17) is 4.74 Å². The maximum absolute atomic E-state index is 13.6. The summed E-state index contributed by atoms with van der Waals surface area (Å²) < 4.78 is 32.6. The Kier molecular flexibility index (Phi) is 7.69. The van der Waals surface area contributed by atoms with Gasteiger partial charge in [-0.25, -0.2) is 8.42 Å². The number of carbonyl (C=O) groups is 2. The van der Waals surface area contributed by atoms with E-state index in [0.29, 0.717) is 61.6 Å². The molecule has 3 aliphatic rings. The second kappa shape index (κ2) is 10.8. The zero-order valence-corrected chi connectivity index (χ0v) is 23.0. The zero-order chi connectivity index (χ0) is 26.2. The second-order valence-electron chi connectivity index (χ2n) is 10.0. The van der Waals surface area contributed by atoms with Crippen LogP contribution in [0.15, 0.2) is 29.2 Å². The lowest BCUT2D eigenvalue weighted by molar-refractivity contribution is 0.0302. The fraction of sp³-hybridized carbons (Fsp3) is 0.538. The molecule has 3 aliphatic heterocycles. The molecule has 4 heterocycles. The first-order valence-corrected chi connectivity index (χ1v) is 15.2. The number of fused-ring (bicyclic) bond motifs is 1. The van der Waals surface area contributed by atoms with Crippen molar-refractivity contribution in [1.29, 1.82) is 0 Å². The minimum Gasteiger partial charge on any atom is -0.378 e. The van der Waals surface area contributed by atoms with Crippen LogP contribution in [0.5, 0.6) is 0 Å². The fourth-order valence-corrected chi connectivity index (χ4v) is 7.91. The smallest absolute Gasteiger partial charge is 0.257 e. The van der Waals surface area contributed by atoms with Gasteiger partial charge in [-0.1, -0.05) is 0 Å². The van der Waals surface area contributed by atoms with Gasteiger partial charge in [0.05, 0.1) is 23.7 Å². The molecule has 5 rings (SSSR count). The summed E-state index contributed by atoms with van der Waals surface area (Å²) in [6, 6.07) is 6.44. The first-order chi connectivity index (χ1) is 17.8. The maximum atomic E-state index is 13.6. The van der Waals surface area contributed by atoms with Crippen molar-refractivity contribution in [3.63, 3.8) is 0 Å². The summed E-state index contributed by atoms with van der Waals surface area (Å²) in [4.78, 5) is 32.3. The number of rotatable bonds is 6. The molecule has 1 aromatic carbocycles. The molecule has 0 bridgehead atoms. The van der Waals surface area contributed by atoms with Gasteiger partial charge in [0.1, 0.15) is 5.00 Å². The van der Waals surface area contributed by atoms with Crippen LogP contribution in [0.25, 0.3) is 0 Å². The number of hydrogen-bond acceptors (Lipinski definition) is 7. The largest absolute Gasteiger partial charge is 0.378 e. The topological polar surface area (TPSA) is 99.3 Å². The minimum atomic E-state index is -3.55. The number of nitrogens with zero attached hydrogens (tertiary/aromatic N) is 3. The molecule has 1 aromatic heterocycles. The summed E-state index contributed by atoms with van der Waals surface area (Å²) in [6.07, 6.45) is 2.49. The van der Waals surface area contributed by atoms with Crippen molar-refractivity contribution in [3.8, 4) is 0 Å². The van der Waals surface area contributed by atoms with E-state index < -0.39 is 10.0 Å². The quantitative estimate of drug-likeness (QED) is 0.598. The second-order valence-corrected chi connectivity index (χ2v) is 13.1. The summed E-state index contributed by atoms with van der Waals surface area (Å²) >= 11 is 1.47. The molecule has 37 heavy (non-hydrogen) atoms. The van der Waals surface area contributed by atoms with E-state index in [9.17, 15) is 18.0 Å². The van der Waals surface area contributed by atoms with Crippen LogP contribution in [0.1, 0.15) is 57.8 Å². The number of hydrogen-bond donors (Lipinski definition) is 1. The number of benzene rings is 1. The SMILES string of the molecule is CC(C)N1CCc2c(sc(NC(=O)c3ccc(S(=O)(=O)N4CCCC4)cc3)c2C(=O)N2CCOCC2)C1. The van der Waals surface area contributed by atoms with Crippen molar-refractivity contribution in [2.24, 2.45) is 0 Å². The van der Waals surface area contributed by atoms with E-state index in [0.717, 1.165) is 42.8 Å². The molecule has 2 saturated heterocycles. The Morgan fingerprint density at radius 3 is 2.32 bits per heavy atom. The number of carbonyl (C=O) groups excluding carboxylic acids is 2.